The molecule has 1 fully saturated rings. The van der Waals surface area contributed by atoms with Gasteiger partial charge in [-0.2, -0.15) is 13.2 Å². The molecule has 0 aromatic heterocycles. The molecule has 2 rings (SSSR count). The molecule has 1 heterocycles. The second-order valence-electron chi connectivity index (χ2n) is 4.38. The molecule has 0 saturated carbocycles. The van der Waals surface area contributed by atoms with Gasteiger partial charge in [-0.05, 0) is 28.1 Å². The normalized spacial score (nSPS) is 19.5. The van der Waals surface area contributed by atoms with E-state index in [0.29, 0.717) is 0 Å². The summed E-state index contributed by atoms with van der Waals surface area (Å²) in [5.41, 5.74) is -0.866. The van der Waals surface area contributed by atoms with Gasteiger partial charge in [-0.3, -0.25) is 9.59 Å². The number of carboxylic acids is 1. The van der Waals surface area contributed by atoms with Crippen molar-refractivity contribution in [1.29, 1.82) is 0 Å². The summed E-state index contributed by atoms with van der Waals surface area (Å²) in [6.07, 6.45) is -4.76. The molecule has 1 aliphatic heterocycles. The Kier molecular flexibility index (Phi) is 3.77. The minimum Gasteiger partial charge on any atom is -0.481 e. The predicted molar refractivity (Wildman–Crippen MR) is 67.2 cm³/mol. The summed E-state index contributed by atoms with van der Waals surface area (Å²) in [4.78, 5) is 23.7. The van der Waals surface area contributed by atoms with Crippen molar-refractivity contribution >= 4 is 33.5 Å². The largest absolute Gasteiger partial charge is 0.481 e. The molecule has 1 N–H and O–H groups in total. The molecule has 1 amide bonds. The maximum absolute atomic E-state index is 12.8. The van der Waals surface area contributed by atoms with Gasteiger partial charge in [0.05, 0.1) is 21.6 Å². The summed E-state index contributed by atoms with van der Waals surface area (Å²) in [7, 11) is 0. The maximum atomic E-state index is 12.8. The van der Waals surface area contributed by atoms with Crippen LogP contribution in [0.15, 0.2) is 22.7 Å². The van der Waals surface area contributed by atoms with Crippen LogP contribution in [0.5, 0.6) is 0 Å². The maximum Gasteiger partial charge on any atom is 0.417 e. The number of alkyl halides is 3. The Morgan fingerprint density at radius 1 is 1.40 bits per heavy atom. The monoisotopic (exact) mass is 351 g/mol. The Morgan fingerprint density at radius 3 is 2.55 bits per heavy atom. The van der Waals surface area contributed by atoms with Crippen molar-refractivity contribution in [2.45, 2.75) is 12.6 Å². The number of amides is 1. The molecule has 1 unspecified atom stereocenters. The van der Waals surface area contributed by atoms with Gasteiger partial charge < -0.3 is 10.0 Å². The van der Waals surface area contributed by atoms with Crippen LogP contribution in [-0.2, 0) is 15.8 Å². The van der Waals surface area contributed by atoms with E-state index in [1.54, 1.807) is 0 Å². The van der Waals surface area contributed by atoms with Crippen LogP contribution in [0.1, 0.15) is 12.0 Å². The molecule has 0 spiro atoms. The van der Waals surface area contributed by atoms with Gasteiger partial charge in [0, 0.05) is 13.0 Å². The molecular formula is C12H9BrF3NO3. The third kappa shape index (κ3) is 2.65. The highest BCUT2D eigenvalue weighted by Gasteiger charge is 2.39. The fourth-order valence-corrected chi connectivity index (χ4v) is 2.76. The molecule has 1 aromatic rings. The average molecular weight is 352 g/mol. The van der Waals surface area contributed by atoms with Crippen LogP contribution in [0.2, 0.25) is 0 Å². The third-order valence-electron chi connectivity index (χ3n) is 3.05. The van der Waals surface area contributed by atoms with Crippen molar-refractivity contribution in [3.63, 3.8) is 0 Å². The summed E-state index contributed by atoms with van der Waals surface area (Å²) in [6.45, 7) is -0.131. The van der Waals surface area contributed by atoms with Crippen LogP contribution in [0, 0.1) is 5.92 Å². The smallest absolute Gasteiger partial charge is 0.417 e. The van der Waals surface area contributed by atoms with Gasteiger partial charge in [-0.25, -0.2) is 0 Å². The van der Waals surface area contributed by atoms with E-state index < -0.39 is 29.5 Å². The van der Waals surface area contributed by atoms with Crippen molar-refractivity contribution in [2.75, 3.05) is 11.4 Å². The van der Waals surface area contributed by atoms with E-state index >= 15 is 0 Å². The predicted octanol–water partition coefficient (Wildman–Crippen LogP) is 2.91. The lowest BCUT2D eigenvalue weighted by atomic mass is 10.1. The SMILES string of the molecule is O=C(O)C1CC(=O)N(c2cccc(C(F)(F)F)c2Br)C1. The summed E-state index contributed by atoms with van der Waals surface area (Å²) >= 11 is 2.85. The molecule has 4 nitrogen and oxygen atoms in total. The third-order valence-corrected chi connectivity index (χ3v) is 3.88. The molecule has 1 atom stereocenters. The lowest BCUT2D eigenvalue weighted by molar-refractivity contribution is -0.141. The fraction of sp³-hybridized carbons (Fsp3) is 0.333. The zero-order chi connectivity index (χ0) is 15.1. The van der Waals surface area contributed by atoms with E-state index in [1.807, 2.05) is 0 Å². The van der Waals surface area contributed by atoms with E-state index in [0.717, 1.165) is 11.0 Å². The number of halogens is 4. The minimum atomic E-state index is -4.55. The van der Waals surface area contributed by atoms with E-state index in [9.17, 15) is 22.8 Å². The Balaban J connectivity index is 2.40. The van der Waals surface area contributed by atoms with Gasteiger partial charge in [0.1, 0.15) is 0 Å². The number of aliphatic carboxylic acids is 1. The highest BCUT2D eigenvalue weighted by Crippen LogP contribution is 2.41. The van der Waals surface area contributed by atoms with Crippen molar-refractivity contribution in [1.82, 2.24) is 0 Å². The minimum absolute atomic E-state index is 0.0357. The lowest BCUT2D eigenvalue weighted by Crippen LogP contribution is -2.26. The number of carbonyl (C=O) groups is 2. The molecular weight excluding hydrogens is 343 g/mol. The van der Waals surface area contributed by atoms with Gasteiger partial charge in [0.15, 0.2) is 0 Å². The first kappa shape index (κ1) is 14.8. The number of carboxylic acid groups (broad SMARTS) is 1. The number of anilines is 1. The van der Waals surface area contributed by atoms with Crippen LogP contribution < -0.4 is 4.90 Å². The Hall–Kier alpha value is -1.57. The lowest BCUT2D eigenvalue weighted by Gasteiger charge is -2.20. The Labute approximate surface area is 120 Å². The molecule has 20 heavy (non-hydrogen) atoms. The number of carbonyl (C=O) groups excluding carboxylic acids is 1. The summed E-state index contributed by atoms with van der Waals surface area (Å²) in [6, 6.07) is 3.43. The Bertz CT molecular complexity index is 574. The first-order valence-electron chi connectivity index (χ1n) is 5.60. The van der Waals surface area contributed by atoms with Crippen molar-refractivity contribution < 1.29 is 27.9 Å². The summed E-state index contributed by atoms with van der Waals surface area (Å²) in [5, 5.41) is 8.88. The van der Waals surface area contributed by atoms with Crippen LogP contribution in [0.25, 0.3) is 0 Å². The van der Waals surface area contributed by atoms with Gasteiger partial charge in [-0.15, -0.1) is 0 Å². The highest BCUT2D eigenvalue weighted by molar-refractivity contribution is 9.10. The summed E-state index contributed by atoms with van der Waals surface area (Å²) < 4.78 is 38.1. The molecule has 1 saturated heterocycles. The second kappa shape index (κ2) is 5.08. The number of rotatable bonds is 2. The highest BCUT2D eigenvalue weighted by atomic mass is 79.9. The molecule has 8 heteroatoms. The number of hydrogen-bond donors (Lipinski definition) is 1. The number of nitrogens with zero attached hydrogens (tertiary/aromatic N) is 1. The second-order valence-corrected chi connectivity index (χ2v) is 5.17. The first-order valence-corrected chi connectivity index (χ1v) is 6.40. The zero-order valence-electron chi connectivity index (χ0n) is 9.95. The van der Waals surface area contributed by atoms with Crippen LogP contribution in [-0.4, -0.2) is 23.5 Å². The van der Waals surface area contributed by atoms with Crippen molar-refractivity contribution in [3.05, 3.63) is 28.2 Å². The van der Waals surface area contributed by atoms with Crippen LogP contribution in [0.4, 0.5) is 18.9 Å². The van der Waals surface area contributed by atoms with E-state index in [4.69, 9.17) is 5.11 Å². The number of benzene rings is 1. The fourth-order valence-electron chi connectivity index (χ4n) is 2.05. The van der Waals surface area contributed by atoms with Gasteiger partial charge in [0.25, 0.3) is 0 Å². The average Bonchev–Trinajstić information content (AvgIpc) is 2.70. The molecule has 0 aliphatic carbocycles. The molecule has 0 radical (unpaired) electrons. The quantitative estimate of drug-likeness (QED) is 0.891. The Morgan fingerprint density at radius 2 is 2.05 bits per heavy atom. The molecule has 108 valence electrons. The van der Waals surface area contributed by atoms with Gasteiger partial charge in [-0.1, -0.05) is 6.07 Å². The van der Waals surface area contributed by atoms with Gasteiger partial charge in [0.2, 0.25) is 5.91 Å². The van der Waals surface area contributed by atoms with Crippen molar-refractivity contribution in [2.24, 2.45) is 5.92 Å². The first-order chi connectivity index (χ1) is 9.21. The van der Waals surface area contributed by atoms with Crippen LogP contribution >= 0.6 is 15.9 Å². The summed E-state index contributed by atoms with van der Waals surface area (Å²) in [5.74, 6) is -2.54. The number of hydrogen-bond acceptors (Lipinski definition) is 2. The molecule has 1 aromatic carbocycles. The van der Waals surface area contributed by atoms with E-state index in [1.165, 1.54) is 12.1 Å². The standard InChI is InChI=1S/C12H9BrF3NO3/c13-10-7(12(14,15)16)2-1-3-8(10)17-5-6(11(19)20)4-9(17)18/h1-3,6H,4-5H2,(H,19,20). The molecule has 0 bridgehead atoms. The topological polar surface area (TPSA) is 57.6 Å². The van der Waals surface area contributed by atoms with E-state index in [2.05, 4.69) is 15.9 Å². The van der Waals surface area contributed by atoms with Crippen molar-refractivity contribution in [3.8, 4) is 0 Å². The molecule has 1 aliphatic rings. The van der Waals surface area contributed by atoms with E-state index in [-0.39, 0.29) is 23.1 Å². The zero-order valence-corrected chi connectivity index (χ0v) is 11.5. The van der Waals surface area contributed by atoms with Crippen LogP contribution in [0.3, 0.4) is 0 Å². The van der Waals surface area contributed by atoms with Gasteiger partial charge >= 0.3 is 12.1 Å².